The Morgan fingerprint density at radius 3 is 2.38 bits per heavy atom. The number of carbonyl (C=O) groups is 1. The molecule has 32 heavy (non-hydrogen) atoms. The SMILES string of the molecule is Cc1ccc(S(=O)(=O)N2CCC[C@@H]2C(=O)N(Cc2ccccc2)[C@H]2CCS(=O)(=O)C2)cc1. The van der Waals surface area contributed by atoms with E-state index in [4.69, 9.17) is 0 Å². The van der Waals surface area contributed by atoms with Crippen molar-refractivity contribution in [1.82, 2.24) is 9.21 Å². The summed E-state index contributed by atoms with van der Waals surface area (Å²) in [4.78, 5) is 15.5. The van der Waals surface area contributed by atoms with Crippen molar-refractivity contribution in [3.63, 3.8) is 0 Å². The number of benzene rings is 2. The maximum absolute atomic E-state index is 13.7. The first-order chi connectivity index (χ1) is 15.2. The van der Waals surface area contributed by atoms with Gasteiger partial charge in [0.25, 0.3) is 0 Å². The van der Waals surface area contributed by atoms with Crippen LogP contribution in [-0.2, 0) is 31.2 Å². The molecule has 2 fully saturated rings. The minimum atomic E-state index is -3.83. The molecule has 0 saturated carbocycles. The second-order valence-electron chi connectivity index (χ2n) is 8.60. The number of rotatable bonds is 6. The molecule has 2 atom stereocenters. The molecule has 0 spiro atoms. The van der Waals surface area contributed by atoms with Gasteiger partial charge >= 0.3 is 0 Å². The fraction of sp³-hybridized carbons (Fsp3) is 0.435. The van der Waals surface area contributed by atoms with Crippen molar-refractivity contribution in [3.05, 3.63) is 65.7 Å². The van der Waals surface area contributed by atoms with Crippen LogP contribution in [0.25, 0.3) is 0 Å². The monoisotopic (exact) mass is 476 g/mol. The van der Waals surface area contributed by atoms with Crippen LogP contribution >= 0.6 is 0 Å². The maximum Gasteiger partial charge on any atom is 0.243 e. The van der Waals surface area contributed by atoms with Crippen LogP contribution in [-0.4, -0.2) is 62.1 Å². The number of hydrogen-bond acceptors (Lipinski definition) is 5. The van der Waals surface area contributed by atoms with E-state index in [1.165, 1.54) is 4.31 Å². The van der Waals surface area contributed by atoms with Crippen molar-refractivity contribution in [2.24, 2.45) is 0 Å². The van der Waals surface area contributed by atoms with Gasteiger partial charge in [-0.1, -0.05) is 48.0 Å². The quantitative estimate of drug-likeness (QED) is 0.638. The van der Waals surface area contributed by atoms with Crippen molar-refractivity contribution >= 4 is 25.8 Å². The molecule has 2 aromatic rings. The molecule has 0 bridgehead atoms. The summed E-state index contributed by atoms with van der Waals surface area (Å²) in [5.74, 6) is -0.348. The number of hydrogen-bond donors (Lipinski definition) is 0. The van der Waals surface area contributed by atoms with Gasteiger partial charge in [-0.05, 0) is 43.9 Å². The Bertz CT molecular complexity index is 1180. The molecule has 2 heterocycles. The van der Waals surface area contributed by atoms with E-state index in [9.17, 15) is 21.6 Å². The largest absolute Gasteiger partial charge is 0.333 e. The molecule has 2 aliphatic heterocycles. The van der Waals surface area contributed by atoms with Crippen LogP contribution in [0, 0.1) is 6.92 Å². The third kappa shape index (κ3) is 4.74. The summed E-state index contributed by atoms with van der Waals surface area (Å²) in [6, 6.07) is 14.7. The van der Waals surface area contributed by atoms with Gasteiger partial charge in [-0.15, -0.1) is 0 Å². The topological polar surface area (TPSA) is 91.8 Å². The highest BCUT2D eigenvalue weighted by Gasteiger charge is 2.44. The average Bonchev–Trinajstić information content (AvgIpc) is 3.39. The Hall–Kier alpha value is -2.23. The smallest absolute Gasteiger partial charge is 0.243 e. The van der Waals surface area contributed by atoms with Crippen LogP contribution in [0.3, 0.4) is 0 Å². The molecule has 2 aliphatic rings. The normalized spacial score (nSPS) is 23.3. The number of carbonyl (C=O) groups excluding carboxylic acids is 1. The van der Waals surface area contributed by atoms with Gasteiger partial charge in [0.05, 0.1) is 16.4 Å². The van der Waals surface area contributed by atoms with E-state index in [0.717, 1.165) is 11.1 Å². The van der Waals surface area contributed by atoms with Crippen LogP contribution in [0.5, 0.6) is 0 Å². The summed E-state index contributed by atoms with van der Waals surface area (Å²) in [7, 11) is -7.04. The summed E-state index contributed by atoms with van der Waals surface area (Å²) in [6.07, 6.45) is 1.39. The van der Waals surface area contributed by atoms with Crippen molar-refractivity contribution in [3.8, 4) is 0 Å². The second kappa shape index (κ2) is 8.96. The van der Waals surface area contributed by atoms with Gasteiger partial charge in [0.2, 0.25) is 15.9 Å². The average molecular weight is 477 g/mol. The predicted octanol–water partition coefficient (Wildman–Crippen LogP) is 2.36. The summed E-state index contributed by atoms with van der Waals surface area (Å²) < 4.78 is 52.2. The van der Waals surface area contributed by atoms with E-state index in [1.807, 2.05) is 37.3 Å². The Labute approximate surface area is 190 Å². The Morgan fingerprint density at radius 1 is 1.06 bits per heavy atom. The van der Waals surface area contributed by atoms with Crippen LogP contribution in [0.1, 0.15) is 30.4 Å². The molecule has 0 aliphatic carbocycles. The van der Waals surface area contributed by atoms with Gasteiger partial charge in [0.15, 0.2) is 9.84 Å². The van der Waals surface area contributed by atoms with Crippen LogP contribution < -0.4 is 0 Å². The highest BCUT2D eigenvalue weighted by atomic mass is 32.2. The standard InChI is InChI=1S/C23H28N2O5S2/c1-18-9-11-21(12-10-18)32(29,30)25-14-5-8-22(25)23(26)24(16-19-6-3-2-4-7-19)20-13-15-31(27,28)17-20/h2-4,6-7,9-12,20,22H,5,8,13-17H2,1H3/t20-,22+/m0/s1. The van der Waals surface area contributed by atoms with E-state index in [2.05, 4.69) is 0 Å². The molecular weight excluding hydrogens is 448 g/mol. The van der Waals surface area contributed by atoms with Gasteiger partial charge in [-0.2, -0.15) is 4.31 Å². The van der Waals surface area contributed by atoms with Crippen molar-refractivity contribution in [2.45, 2.75) is 49.7 Å². The number of nitrogens with zero attached hydrogens (tertiary/aromatic N) is 2. The molecule has 1 amide bonds. The number of amides is 1. The zero-order valence-electron chi connectivity index (χ0n) is 18.1. The fourth-order valence-electron chi connectivity index (χ4n) is 4.50. The molecule has 2 saturated heterocycles. The first-order valence-electron chi connectivity index (χ1n) is 10.8. The molecule has 0 unspecified atom stereocenters. The van der Waals surface area contributed by atoms with Crippen molar-refractivity contribution < 1.29 is 21.6 Å². The number of aryl methyl sites for hydroxylation is 1. The van der Waals surface area contributed by atoms with E-state index in [0.29, 0.717) is 19.3 Å². The minimum absolute atomic E-state index is 0.0479. The van der Waals surface area contributed by atoms with Crippen molar-refractivity contribution in [1.29, 1.82) is 0 Å². The molecule has 4 rings (SSSR count). The van der Waals surface area contributed by atoms with Gasteiger partial charge in [0, 0.05) is 19.1 Å². The van der Waals surface area contributed by atoms with Gasteiger partial charge in [-0.3, -0.25) is 4.79 Å². The summed E-state index contributed by atoms with van der Waals surface area (Å²) in [5, 5.41) is 0. The van der Waals surface area contributed by atoms with Gasteiger partial charge < -0.3 is 4.90 Å². The third-order valence-electron chi connectivity index (χ3n) is 6.24. The highest BCUT2D eigenvalue weighted by Crippen LogP contribution is 2.30. The van der Waals surface area contributed by atoms with E-state index in [1.54, 1.807) is 29.2 Å². The highest BCUT2D eigenvalue weighted by molar-refractivity contribution is 7.91. The molecule has 9 heteroatoms. The lowest BCUT2D eigenvalue weighted by Gasteiger charge is -2.33. The maximum atomic E-state index is 13.7. The molecule has 172 valence electrons. The Balaban J connectivity index is 1.64. The lowest BCUT2D eigenvalue weighted by molar-refractivity contribution is -0.137. The number of sulfone groups is 1. The van der Waals surface area contributed by atoms with Gasteiger partial charge in [0.1, 0.15) is 6.04 Å². The van der Waals surface area contributed by atoms with Crippen LogP contribution in [0.2, 0.25) is 0 Å². The first-order valence-corrected chi connectivity index (χ1v) is 14.1. The Kier molecular flexibility index (Phi) is 6.42. The van der Waals surface area contributed by atoms with E-state index >= 15 is 0 Å². The minimum Gasteiger partial charge on any atom is -0.333 e. The Morgan fingerprint density at radius 2 is 1.75 bits per heavy atom. The third-order valence-corrected chi connectivity index (χ3v) is 9.92. The van der Waals surface area contributed by atoms with Crippen molar-refractivity contribution in [2.75, 3.05) is 18.1 Å². The molecular formula is C23H28N2O5S2. The lowest BCUT2D eigenvalue weighted by atomic mass is 10.1. The second-order valence-corrected chi connectivity index (χ2v) is 12.7. The summed E-state index contributed by atoms with van der Waals surface area (Å²) >= 11 is 0. The molecule has 0 radical (unpaired) electrons. The fourth-order valence-corrected chi connectivity index (χ4v) is 7.88. The zero-order valence-corrected chi connectivity index (χ0v) is 19.7. The van der Waals surface area contributed by atoms with Gasteiger partial charge in [-0.25, -0.2) is 16.8 Å². The van der Waals surface area contributed by atoms with E-state index in [-0.39, 0.29) is 35.4 Å². The van der Waals surface area contributed by atoms with Crippen LogP contribution in [0.4, 0.5) is 0 Å². The zero-order chi connectivity index (χ0) is 22.9. The predicted molar refractivity (Wildman–Crippen MR) is 122 cm³/mol. The summed E-state index contributed by atoms with van der Waals surface area (Å²) in [6.45, 7) is 2.42. The first kappa shape index (κ1) is 22.9. The lowest BCUT2D eigenvalue weighted by Crippen LogP contribution is -2.51. The number of sulfonamides is 1. The van der Waals surface area contributed by atoms with E-state index < -0.39 is 31.9 Å². The summed E-state index contributed by atoms with van der Waals surface area (Å²) in [5.41, 5.74) is 1.84. The molecule has 2 aromatic carbocycles. The molecule has 0 N–H and O–H groups in total. The molecule has 0 aromatic heterocycles. The molecule has 7 nitrogen and oxygen atoms in total. The van der Waals surface area contributed by atoms with Crippen LogP contribution in [0.15, 0.2) is 59.5 Å².